The van der Waals surface area contributed by atoms with Crippen molar-refractivity contribution in [2.75, 3.05) is 18.5 Å². The Labute approximate surface area is 182 Å². The summed E-state index contributed by atoms with van der Waals surface area (Å²) in [5.41, 5.74) is 0. The maximum absolute atomic E-state index is 14.0. The molecule has 0 fully saturated rings. The zero-order valence-electron chi connectivity index (χ0n) is 16.2. The van der Waals surface area contributed by atoms with Crippen LogP contribution >= 0.6 is 11.6 Å². The number of pyridine rings is 2. The number of nitrogens with one attached hydrogen (secondary N) is 1. The predicted octanol–water partition coefficient (Wildman–Crippen LogP) is 3.46. The zero-order chi connectivity index (χ0) is 23.9. The van der Waals surface area contributed by atoms with Crippen molar-refractivity contribution < 1.29 is 46.2 Å². The highest BCUT2D eigenvalue weighted by Gasteiger charge is 2.39. The first-order chi connectivity index (χ1) is 15.0. The molecule has 32 heavy (non-hydrogen) atoms. The molecule has 0 aliphatic rings. The van der Waals surface area contributed by atoms with E-state index in [-0.39, 0.29) is 23.3 Å². The van der Waals surface area contributed by atoms with Gasteiger partial charge in [-0.05, 0) is 19.1 Å². The van der Waals surface area contributed by atoms with Crippen molar-refractivity contribution in [1.29, 1.82) is 0 Å². The van der Waals surface area contributed by atoms with E-state index in [1.807, 2.05) is 0 Å². The number of Topliss-reactive ketones (excluding diaryl/α,β-unsaturated/α-hetero) is 1. The highest BCUT2D eigenvalue weighted by molar-refractivity contribution is 6.32. The minimum absolute atomic E-state index is 0.109. The molecule has 0 radical (unpaired) electrons. The molecule has 2 heterocycles. The summed E-state index contributed by atoms with van der Waals surface area (Å²) in [6.45, 7) is 1.23. The molecule has 1 N–H and O–H groups in total. The molecular formula is C18H14ClF4N3O6. The van der Waals surface area contributed by atoms with Crippen LogP contribution in [-0.4, -0.2) is 47.0 Å². The maximum atomic E-state index is 14.0. The molecule has 0 spiro atoms. The van der Waals surface area contributed by atoms with Gasteiger partial charge >= 0.3 is 12.1 Å². The predicted molar refractivity (Wildman–Crippen MR) is 100.0 cm³/mol. The number of rotatable bonds is 9. The minimum Gasteiger partial charge on any atom is -0.463 e. The van der Waals surface area contributed by atoms with Gasteiger partial charge in [0.2, 0.25) is 17.6 Å². The lowest BCUT2D eigenvalue weighted by Gasteiger charge is -2.13. The van der Waals surface area contributed by atoms with Gasteiger partial charge < -0.3 is 19.5 Å². The summed E-state index contributed by atoms with van der Waals surface area (Å²) < 4.78 is 66.2. The van der Waals surface area contributed by atoms with Crippen LogP contribution in [0.4, 0.5) is 23.4 Å². The number of alkyl halides is 3. The molecule has 2 aromatic heterocycles. The first kappa shape index (κ1) is 24.8. The lowest BCUT2D eigenvalue weighted by Crippen LogP contribution is -2.28. The van der Waals surface area contributed by atoms with Crippen molar-refractivity contribution in [3.8, 4) is 17.5 Å². The van der Waals surface area contributed by atoms with Crippen LogP contribution in [-0.2, 0) is 19.1 Å². The Kier molecular flexibility index (Phi) is 8.29. The molecule has 0 unspecified atom stereocenters. The molecule has 0 saturated heterocycles. The fraction of sp³-hybridized carbons (Fsp3) is 0.278. The molecule has 0 saturated carbocycles. The number of ketones is 1. The number of aromatic nitrogens is 2. The Morgan fingerprint density at radius 1 is 1.22 bits per heavy atom. The maximum Gasteiger partial charge on any atom is 0.450 e. The molecule has 0 bridgehead atoms. The molecule has 172 valence electrons. The van der Waals surface area contributed by atoms with Crippen molar-refractivity contribution >= 4 is 35.1 Å². The van der Waals surface area contributed by atoms with Crippen molar-refractivity contribution in [2.24, 2.45) is 0 Å². The molecule has 0 aliphatic heterocycles. The van der Waals surface area contributed by atoms with Gasteiger partial charge in [0.25, 0.3) is 5.88 Å². The largest absolute Gasteiger partial charge is 0.463 e. The lowest BCUT2D eigenvalue weighted by atomic mass is 10.2. The number of amides is 1. The van der Waals surface area contributed by atoms with E-state index in [1.54, 1.807) is 12.2 Å². The highest BCUT2D eigenvalue weighted by Crippen LogP contribution is 2.34. The van der Waals surface area contributed by atoms with Crippen molar-refractivity contribution in [3.05, 3.63) is 35.2 Å². The Morgan fingerprint density at radius 3 is 2.59 bits per heavy atom. The van der Waals surface area contributed by atoms with Gasteiger partial charge in [-0.15, -0.1) is 0 Å². The van der Waals surface area contributed by atoms with E-state index in [1.165, 1.54) is 18.3 Å². The van der Waals surface area contributed by atoms with Crippen molar-refractivity contribution in [3.63, 3.8) is 0 Å². The molecule has 14 heteroatoms. The summed E-state index contributed by atoms with van der Waals surface area (Å²) in [5, 5.41) is 1.37. The van der Waals surface area contributed by atoms with Gasteiger partial charge in [-0.2, -0.15) is 18.2 Å². The van der Waals surface area contributed by atoms with Gasteiger partial charge in [0.1, 0.15) is 5.02 Å². The van der Waals surface area contributed by atoms with Crippen LogP contribution in [0.1, 0.15) is 13.3 Å². The smallest absolute Gasteiger partial charge is 0.450 e. The van der Waals surface area contributed by atoms with E-state index >= 15 is 0 Å². The summed E-state index contributed by atoms with van der Waals surface area (Å²) in [7, 11) is 0. The first-order valence-electron chi connectivity index (χ1n) is 8.68. The van der Waals surface area contributed by atoms with Gasteiger partial charge in [-0.1, -0.05) is 11.6 Å². The SMILES string of the molecule is CCOC(=O)COc1ncccc1Oc1nc(NC(=O)CC(=O)C(F)(F)F)c(F)cc1Cl. The topological polar surface area (TPSA) is 117 Å². The van der Waals surface area contributed by atoms with Gasteiger partial charge in [0, 0.05) is 12.3 Å². The molecule has 2 rings (SSSR count). The third kappa shape index (κ3) is 7.04. The standard InChI is InChI=1S/C18H14ClF4N3O6/c1-2-30-14(29)8-31-17-11(4-3-5-24-17)32-16-9(19)6-10(20)15(26-16)25-13(28)7-12(27)18(21,22)23/h3-6H,2,7-8H2,1H3,(H,25,26,28). The zero-order valence-corrected chi connectivity index (χ0v) is 16.9. The molecule has 2 aromatic rings. The summed E-state index contributed by atoms with van der Waals surface area (Å²) in [4.78, 5) is 41.5. The van der Waals surface area contributed by atoms with Crippen molar-refractivity contribution in [1.82, 2.24) is 9.97 Å². The number of ether oxygens (including phenoxy) is 3. The Hall–Kier alpha value is -3.48. The molecule has 0 aliphatic carbocycles. The number of hydrogen-bond acceptors (Lipinski definition) is 8. The van der Waals surface area contributed by atoms with Crippen LogP contribution in [0.15, 0.2) is 24.4 Å². The fourth-order valence-electron chi connectivity index (χ4n) is 2.03. The molecular weight excluding hydrogens is 466 g/mol. The van der Waals surface area contributed by atoms with E-state index < -0.39 is 54.4 Å². The summed E-state index contributed by atoms with van der Waals surface area (Å²) in [5.74, 6) is -7.24. The average Bonchev–Trinajstić information content (AvgIpc) is 2.70. The second kappa shape index (κ2) is 10.7. The average molecular weight is 480 g/mol. The number of carbonyl (C=O) groups is 3. The Balaban J connectivity index is 2.19. The van der Waals surface area contributed by atoms with Crippen molar-refractivity contribution in [2.45, 2.75) is 19.5 Å². The number of anilines is 1. The Bertz CT molecular complexity index is 1020. The van der Waals surface area contributed by atoms with Crippen LogP contribution < -0.4 is 14.8 Å². The van der Waals surface area contributed by atoms with Gasteiger partial charge in [-0.3, -0.25) is 9.59 Å². The number of hydrogen-bond donors (Lipinski definition) is 1. The summed E-state index contributed by atoms with van der Waals surface area (Å²) in [6, 6.07) is 3.45. The minimum atomic E-state index is -5.22. The third-order valence-corrected chi connectivity index (χ3v) is 3.64. The number of carbonyl (C=O) groups excluding carboxylic acids is 3. The fourth-order valence-corrected chi connectivity index (χ4v) is 2.20. The monoisotopic (exact) mass is 479 g/mol. The Morgan fingerprint density at radius 2 is 1.94 bits per heavy atom. The quantitative estimate of drug-likeness (QED) is 0.330. The normalized spacial score (nSPS) is 10.9. The lowest BCUT2D eigenvalue weighted by molar-refractivity contribution is -0.171. The van der Waals surface area contributed by atoms with E-state index in [0.29, 0.717) is 6.07 Å². The van der Waals surface area contributed by atoms with E-state index in [9.17, 15) is 31.9 Å². The van der Waals surface area contributed by atoms with Crippen LogP contribution in [0.5, 0.6) is 17.5 Å². The summed E-state index contributed by atoms with van der Waals surface area (Å²) in [6.07, 6.45) is -5.48. The van der Waals surface area contributed by atoms with Gasteiger partial charge in [-0.25, -0.2) is 14.2 Å². The summed E-state index contributed by atoms with van der Waals surface area (Å²) >= 11 is 5.87. The van der Waals surface area contributed by atoms with E-state index in [4.69, 9.17) is 25.8 Å². The highest BCUT2D eigenvalue weighted by atomic mass is 35.5. The third-order valence-electron chi connectivity index (χ3n) is 3.37. The second-order valence-corrected chi connectivity index (χ2v) is 6.16. The van der Waals surface area contributed by atoms with E-state index in [0.717, 1.165) is 0 Å². The van der Waals surface area contributed by atoms with Crippen LogP contribution in [0.2, 0.25) is 5.02 Å². The van der Waals surface area contributed by atoms with Crippen LogP contribution in [0.3, 0.4) is 0 Å². The number of nitrogens with zero attached hydrogens (tertiary/aromatic N) is 2. The molecule has 9 nitrogen and oxygen atoms in total. The van der Waals surface area contributed by atoms with Gasteiger partial charge in [0.05, 0.1) is 13.0 Å². The molecule has 1 amide bonds. The number of halogens is 5. The first-order valence-corrected chi connectivity index (χ1v) is 9.06. The van der Waals surface area contributed by atoms with Crippen LogP contribution in [0.25, 0.3) is 0 Å². The second-order valence-electron chi connectivity index (χ2n) is 5.75. The number of esters is 1. The van der Waals surface area contributed by atoms with Gasteiger partial charge in [0.15, 0.2) is 24.0 Å². The van der Waals surface area contributed by atoms with E-state index in [2.05, 4.69) is 9.97 Å². The van der Waals surface area contributed by atoms with Crippen LogP contribution in [0, 0.1) is 5.82 Å². The molecule has 0 atom stereocenters. The molecule has 0 aromatic carbocycles.